The second-order valence-electron chi connectivity index (χ2n) is 12.9. The molecule has 6 rings (SSSR count). The number of likely N-dealkylation sites (tertiary alicyclic amines) is 2. The van der Waals surface area contributed by atoms with E-state index in [0.29, 0.717) is 32.4 Å². The molecule has 2 aliphatic heterocycles. The molecule has 220 valence electrons. The summed E-state index contributed by atoms with van der Waals surface area (Å²) in [5, 5.41) is 35.2. The molecule has 2 amide bonds. The van der Waals surface area contributed by atoms with Gasteiger partial charge in [-0.05, 0) is 36.8 Å². The molecule has 0 spiro atoms. The Kier molecular flexibility index (Phi) is 8.19. The van der Waals surface area contributed by atoms with Gasteiger partial charge in [-0.1, -0.05) is 60.7 Å². The molecule has 41 heavy (non-hydrogen) atoms. The number of amides is 2. The Balaban J connectivity index is 1.12. The van der Waals surface area contributed by atoms with Crippen LogP contribution in [0.4, 0.5) is 0 Å². The number of quaternary nitrogens is 2. The zero-order valence-corrected chi connectivity index (χ0v) is 24.0. The summed E-state index contributed by atoms with van der Waals surface area (Å²) >= 11 is 0. The summed E-state index contributed by atoms with van der Waals surface area (Å²) in [5.41, 5.74) is 2.02. The summed E-state index contributed by atoms with van der Waals surface area (Å²) in [6.07, 6.45) is 7.46. The average Bonchev–Trinajstić information content (AvgIpc) is 3.76. The lowest BCUT2D eigenvalue weighted by Crippen LogP contribution is -2.60. The SMILES string of the molecule is O=C(NCc1ccccc1)[C@@H]1C[C@@H]2CCC[C@@H]2[N@@+]1([O-])CCC[N@@+]1([O-])[C@H](C(=O)NCc2ccccc2)C[C@@H]2CCC[C@@H]21. The number of carbonyl (C=O) groups is 2. The monoisotopic (exact) mass is 560 g/mol. The third-order valence-corrected chi connectivity index (χ3v) is 10.7. The number of nitrogens with zero attached hydrogens (tertiary/aromatic N) is 2. The van der Waals surface area contributed by atoms with Crippen LogP contribution in [0.3, 0.4) is 0 Å². The third kappa shape index (κ3) is 5.55. The molecule has 2 aromatic rings. The second-order valence-corrected chi connectivity index (χ2v) is 12.9. The first kappa shape index (κ1) is 28.3. The highest BCUT2D eigenvalue weighted by Gasteiger charge is 2.56. The topological polar surface area (TPSA) is 104 Å². The van der Waals surface area contributed by atoms with Crippen molar-refractivity contribution in [2.45, 2.75) is 95.0 Å². The van der Waals surface area contributed by atoms with E-state index in [2.05, 4.69) is 10.6 Å². The number of hydrogen-bond donors (Lipinski definition) is 2. The highest BCUT2D eigenvalue weighted by Crippen LogP contribution is 2.48. The van der Waals surface area contributed by atoms with E-state index in [4.69, 9.17) is 0 Å². The molecule has 0 radical (unpaired) electrons. The molecule has 2 N–H and O–H groups in total. The van der Waals surface area contributed by atoms with Crippen LogP contribution in [0.2, 0.25) is 0 Å². The van der Waals surface area contributed by atoms with Crippen LogP contribution in [0.25, 0.3) is 0 Å². The van der Waals surface area contributed by atoms with Crippen LogP contribution in [0.15, 0.2) is 60.7 Å². The Hall–Kier alpha value is -2.78. The van der Waals surface area contributed by atoms with Crippen LogP contribution in [-0.2, 0) is 22.7 Å². The van der Waals surface area contributed by atoms with Crippen LogP contribution in [-0.4, -0.2) is 58.4 Å². The van der Waals surface area contributed by atoms with Gasteiger partial charge in [0.05, 0.1) is 25.2 Å². The lowest BCUT2D eigenvalue weighted by Gasteiger charge is -2.51. The first-order valence-corrected chi connectivity index (χ1v) is 15.7. The highest BCUT2D eigenvalue weighted by atomic mass is 16.6. The molecule has 4 fully saturated rings. The zero-order chi connectivity index (χ0) is 28.5. The number of nitrogens with one attached hydrogen (secondary N) is 2. The quantitative estimate of drug-likeness (QED) is 0.329. The van der Waals surface area contributed by atoms with Crippen molar-refractivity contribution in [1.29, 1.82) is 0 Å². The van der Waals surface area contributed by atoms with Gasteiger partial charge in [0.2, 0.25) is 0 Å². The number of rotatable bonds is 10. The van der Waals surface area contributed by atoms with Gasteiger partial charge in [0, 0.05) is 57.0 Å². The van der Waals surface area contributed by atoms with Gasteiger partial charge in [-0.2, -0.15) is 0 Å². The van der Waals surface area contributed by atoms with E-state index >= 15 is 0 Å². The Morgan fingerprint density at radius 1 is 0.659 bits per heavy atom. The Labute approximate surface area is 243 Å². The van der Waals surface area contributed by atoms with Crippen molar-refractivity contribution in [3.05, 3.63) is 82.2 Å². The van der Waals surface area contributed by atoms with Crippen molar-refractivity contribution >= 4 is 11.8 Å². The maximum Gasteiger partial charge on any atom is 0.278 e. The van der Waals surface area contributed by atoms with Crippen molar-refractivity contribution < 1.29 is 18.9 Å². The van der Waals surface area contributed by atoms with Crippen molar-refractivity contribution in [3.8, 4) is 0 Å². The van der Waals surface area contributed by atoms with Gasteiger partial charge in [0.1, 0.15) is 0 Å². The molecule has 2 aliphatic carbocycles. The van der Waals surface area contributed by atoms with E-state index in [9.17, 15) is 20.0 Å². The number of benzene rings is 2. The number of hydroxylamine groups is 6. The molecule has 0 bridgehead atoms. The van der Waals surface area contributed by atoms with Gasteiger partial charge in [-0.25, -0.2) is 0 Å². The van der Waals surface area contributed by atoms with Gasteiger partial charge in [0.15, 0.2) is 12.1 Å². The fourth-order valence-corrected chi connectivity index (χ4v) is 8.75. The Morgan fingerprint density at radius 2 is 1.07 bits per heavy atom. The van der Waals surface area contributed by atoms with E-state index in [-0.39, 0.29) is 48.8 Å². The molecule has 2 saturated heterocycles. The lowest BCUT2D eigenvalue weighted by atomic mass is 10.0. The van der Waals surface area contributed by atoms with Crippen LogP contribution in [0, 0.1) is 22.3 Å². The van der Waals surface area contributed by atoms with Crippen molar-refractivity contribution in [2.75, 3.05) is 13.1 Å². The van der Waals surface area contributed by atoms with E-state index in [1.54, 1.807) is 0 Å². The van der Waals surface area contributed by atoms with E-state index in [1.807, 2.05) is 60.7 Å². The van der Waals surface area contributed by atoms with Gasteiger partial charge in [-0.3, -0.25) is 9.59 Å². The predicted octanol–water partition coefficient (Wildman–Crippen LogP) is 4.52. The van der Waals surface area contributed by atoms with Crippen LogP contribution < -0.4 is 10.6 Å². The minimum absolute atomic E-state index is 0.0645. The summed E-state index contributed by atoms with van der Waals surface area (Å²) in [6.45, 7) is 1.36. The zero-order valence-electron chi connectivity index (χ0n) is 24.0. The van der Waals surface area contributed by atoms with Gasteiger partial charge in [-0.15, -0.1) is 0 Å². The summed E-state index contributed by atoms with van der Waals surface area (Å²) < 4.78 is -1.02. The van der Waals surface area contributed by atoms with Crippen molar-refractivity contribution in [1.82, 2.24) is 10.6 Å². The van der Waals surface area contributed by atoms with E-state index < -0.39 is 21.4 Å². The molecular formula is C33H44N4O4. The van der Waals surface area contributed by atoms with Crippen molar-refractivity contribution in [3.63, 3.8) is 0 Å². The molecule has 4 aliphatic rings. The minimum atomic E-state index is -0.628. The van der Waals surface area contributed by atoms with Crippen LogP contribution in [0.5, 0.6) is 0 Å². The number of fused-ring (bicyclic) bond motifs is 2. The normalized spacial score (nSPS) is 35.7. The summed E-state index contributed by atoms with van der Waals surface area (Å²) in [4.78, 5) is 26.8. The lowest BCUT2D eigenvalue weighted by molar-refractivity contribution is -0.926. The fraction of sp³-hybridized carbons (Fsp3) is 0.576. The van der Waals surface area contributed by atoms with Crippen LogP contribution in [0.1, 0.15) is 68.9 Å². The summed E-state index contributed by atoms with van der Waals surface area (Å²) in [5.74, 6) is 0.217. The van der Waals surface area contributed by atoms with E-state index in [0.717, 1.165) is 49.7 Å². The van der Waals surface area contributed by atoms with Gasteiger partial charge >= 0.3 is 0 Å². The Morgan fingerprint density at radius 3 is 1.49 bits per heavy atom. The molecule has 2 saturated carbocycles. The van der Waals surface area contributed by atoms with Gasteiger partial charge in [0.25, 0.3) is 11.8 Å². The predicted molar refractivity (Wildman–Crippen MR) is 157 cm³/mol. The highest BCUT2D eigenvalue weighted by molar-refractivity contribution is 5.81. The van der Waals surface area contributed by atoms with Crippen LogP contribution >= 0.6 is 0 Å². The number of carbonyl (C=O) groups excluding carboxylic acids is 2. The molecule has 8 nitrogen and oxygen atoms in total. The van der Waals surface area contributed by atoms with E-state index in [1.165, 1.54) is 0 Å². The largest absolute Gasteiger partial charge is 0.632 e. The maximum atomic E-state index is 14.6. The van der Waals surface area contributed by atoms with Gasteiger partial charge < -0.3 is 30.3 Å². The maximum absolute atomic E-state index is 14.6. The first-order chi connectivity index (χ1) is 19.9. The average molecular weight is 561 g/mol. The smallest absolute Gasteiger partial charge is 0.278 e. The fourth-order valence-electron chi connectivity index (χ4n) is 8.75. The number of hydrogen-bond acceptors (Lipinski definition) is 4. The molecule has 8 heteroatoms. The molecule has 0 unspecified atom stereocenters. The first-order valence-electron chi connectivity index (χ1n) is 15.7. The molecule has 2 aromatic carbocycles. The molecule has 0 aromatic heterocycles. The summed E-state index contributed by atoms with van der Waals surface area (Å²) in [6, 6.07) is 18.2. The summed E-state index contributed by atoms with van der Waals surface area (Å²) in [7, 11) is 0. The molecule has 2 heterocycles. The second kappa shape index (κ2) is 11.8. The Bertz CT molecular complexity index is 1120. The van der Waals surface area contributed by atoms with Crippen molar-refractivity contribution in [2.24, 2.45) is 11.8 Å². The molecule has 8 atom stereocenters. The standard InChI is InChI=1S/C33H44N4O4/c38-32(34-22-24-10-3-1-4-11-24)30-20-26-14-7-16-28(26)36(30,40)18-9-19-37(41)29-17-8-15-27(29)21-31(37)33(39)35-23-25-12-5-2-6-13-25/h1-6,10-13,26-31H,7-9,14-23H2,(H,34,38)(H,35,39)/t26-,27-,28-,29-,30-,31-,36-,37-/m0/s1. The third-order valence-electron chi connectivity index (χ3n) is 10.7. The minimum Gasteiger partial charge on any atom is -0.632 e. The molecular weight excluding hydrogens is 516 g/mol.